The first-order chi connectivity index (χ1) is 20.5. The van der Waals surface area contributed by atoms with Crippen molar-refractivity contribution in [3.05, 3.63) is 94.3 Å². The number of carbonyl (C=O) groups excluding carboxylic acids is 2. The SMILES string of the molecule is C[C@H]1[C@H]([Si](C)(C)F)[C@@H](CC(=O)N(CCO)Cc2ccccc2)O[C@]12C(=O)Nc1ccc(-n3[nH]c4ccccc4c3=O)cc12. The molecule has 0 unspecified atom stereocenters. The van der Waals surface area contributed by atoms with E-state index < -0.39 is 37.5 Å². The van der Waals surface area contributed by atoms with Crippen LogP contribution < -0.4 is 10.9 Å². The van der Waals surface area contributed by atoms with Gasteiger partial charge in [0.15, 0.2) is 5.60 Å². The lowest BCUT2D eigenvalue weighted by Gasteiger charge is -2.31. The summed E-state index contributed by atoms with van der Waals surface area (Å²) in [6.07, 6.45) is -0.990. The van der Waals surface area contributed by atoms with Crippen molar-refractivity contribution in [1.82, 2.24) is 14.7 Å². The Morgan fingerprint density at radius 3 is 2.51 bits per heavy atom. The Morgan fingerprint density at radius 1 is 1.09 bits per heavy atom. The van der Waals surface area contributed by atoms with Crippen LogP contribution in [0.3, 0.4) is 0 Å². The molecule has 0 saturated carbocycles. The van der Waals surface area contributed by atoms with E-state index in [1.165, 1.54) is 4.68 Å². The summed E-state index contributed by atoms with van der Waals surface area (Å²) in [7, 11) is -3.48. The van der Waals surface area contributed by atoms with Crippen LogP contribution in [0.25, 0.3) is 16.6 Å². The molecule has 1 saturated heterocycles. The molecule has 3 heterocycles. The normalized spacial score (nSPS) is 23.1. The third-order valence-electron chi connectivity index (χ3n) is 8.86. The van der Waals surface area contributed by atoms with E-state index in [0.29, 0.717) is 34.4 Å². The summed E-state index contributed by atoms with van der Waals surface area (Å²) >= 11 is 0. The van der Waals surface area contributed by atoms with Crippen molar-refractivity contribution in [3.63, 3.8) is 0 Å². The Bertz CT molecular complexity index is 1750. The fourth-order valence-electron chi connectivity index (χ4n) is 6.95. The Balaban J connectivity index is 1.37. The van der Waals surface area contributed by atoms with Crippen LogP contribution >= 0.6 is 0 Å². The fourth-order valence-corrected chi connectivity index (χ4v) is 9.45. The number of benzene rings is 3. The van der Waals surface area contributed by atoms with Crippen LogP contribution in [0.15, 0.2) is 77.6 Å². The topological polar surface area (TPSA) is 117 Å². The van der Waals surface area contributed by atoms with Crippen LogP contribution in [-0.2, 0) is 26.5 Å². The van der Waals surface area contributed by atoms with E-state index in [1.54, 1.807) is 48.3 Å². The number of aliphatic hydroxyl groups is 1. The molecular weight excluding hydrogens is 567 g/mol. The predicted molar refractivity (Wildman–Crippen MR) is 164 cm³/mol. The van der Waals surface area contributed by atoms with Crippen molar-refractivity contribution < 1.29 is 23.5 Å². The van der Waals surface area contributed by atoms with Gasteiger partial charge in [0.05, 0.1) is 35.7 Å². The van der Waals surface area contributed by atoms with Crippen LogP contribution in [-0.4, -0.2) is 59.3 Å². The number of rotatable bonds is 8. The minimum absolute atomic E-state index is 0.119. The molecule has 9 nitrogen and oxygen atoms in total. The average Bonchev–Trinajstić information content (AvgIpc) is 3.57. The van der Waals surface area contributed by atoms with Gasteiger partial charge in [-0.15, -0.1) is 0 Å². The molecule has 4 aromatic rings. The maximum Gasteiger partial charge on any atom is 0.279 e. The standard InChI is InChI=1S/C32H35FN4O5Si/c1-20-29(43(2,3)33)27(18-28(39)36(15-16-38)19-21-9-5-4-6-10-21)42-32(20)24-17-22(13-14-26(24)34-31(32)41)37-30(40)23-11-7-8-12-25(23)35-37/h4-14,17,20,27,29,35,38H,15-16,18-19H2,1-3H3,(H,34,41)/t20-,27+,29-,32+/m0/s1. The van der Waals surface area contributed by atoms with Crippen LogP contribution in [0.5, 0.6) is 0 Å². The summed E-state index contributed by atoms with van der Waals surface area (Å²) in [4.78, 5) is 42.1. The first-order valence-corrected chi connectivity index (χ1v) is 17.5. The van der Waals surface area contributed by atoms with Crippen molar-refractivity contribution in [2.24, 2.45) is 5.92 Å². The fraction of sp³-hybridized carbons (Fsp3) is 0.344. The van der Waals surface area contributed by atoms with E-state index in [0.717, 1.165) is 5.56 Å². The zero-order valence-corrected chi connectivity index (χ0v) is 25.3. The number of nitrogens with zero attached hydrogens (tertiary/aromatic N) is 2. The molecule has 2 aliphatic rings. The van der Waals surface area contributed by atoms with Gasteiger partial charge in [0.1, 0.15) is 0 Å². The largest absolute Gasteiger partial charge is 0.395 e. The molecule has 2 aliphatic heterocycles. The van der Waals surface area contributed by atoms with Crippen molar-refractivity contribution in [2.75, 3.05) is 18.5 Å². The number of halogens is 1. The number of anilines is 1. The van der Waals surface area contributed by atoms with Crippen molar-refractivity contribution >= 4 is 36.8 Å². The first kappa shape index (κ1) is 29.0. The van der Waals surface area contributed by atoms with E-state index in [1.807, 2.05) is 49.4 Å². The Labute approximate surface area is 249 Å². The number of aromatic amines is 1. The summed E-state index contributed by atoms with van der Waals surface area (Å²) in [5, 5.41) is 16.2. The van der Waals surface area contributed by atoms with Crippen LogP contribution in [0.2, 0.25) is 18.6 Å². The molecule has 0 radical (unpaired) electrons. The van der Waals surface area contributed by atoms with E-state index >= 15 is 4.11 Å². The third-order valence-corrected chi connectivity index (χ3v) is 11.3. The predicted octanol–water partition coefficient (Wildman–Crippen LogP) is 4.46. The van der Waals surface area contributed by atoms with Gasteiger partial charge in [-0.05, 0) is 49.0 Å². The maximum absolute atomic E-state index is 16.1. The van der Waals surface area contributed by atoms with Gasteiger partial charge in [0, 0.05) is 35.8 Å². The number of H-pyrrole nitrogens is 1. The molecular formula is C32H35FN4O5Si. The lowest BCUT2D eigenvalue weighted by molar-refractivity contribution is -0.148. The van der Waals surface area contributed by atoms with Crippen molar-refractivity contribution in [2.45, 2.75) is 50.2 Å². The molecule has 3 aromatic carbocycles. The molecule has 11 heteroatoms. The zero-order valence-electron chi connectivity index (χ0n) is 24.3. The zero-order chi connectivity index (χ0) is 30.5. The number of aliphatic hydroxyl groups excluding tert-OH is 1. The second-order valence-corrected chi connectivity index (χ2v) is 15.8. The van der Waals surface area contributed by atoms with Gasteiger partial charge in [-0.2, -0.15) is 0 Å². The van der Waals surface area contributed by atoms with Gasteiger partial charge in [0.2, 0.25) is 14.3 Å². The molecule has 0 aliphatic carbocycles. The molecule has 6 rings (SSSR count). The molecule has 4 atom stereocenters. The number of amides is 2. The van der Waals surface area contributed by atoms with Gasteiger partial charge in [-0.1, -0.05) is 49.4 Å². The Hall–Kier alpha value is -4.06. The number of hydrogen-bond acceptors (Lipinski definition) is 5. The minimum Gasteiger partial charge on any atom is -0.395 e. The van der Waals surface area contributed by atoms with Crippen LogP contribution in [0.4, 0.5) is 9.80 Å². The number of carbonyl (C=O) groups is 2. The van der Waals surface area contributed by atoms with Crippen molar-refractivity contribution in [3.8, 4) is 5.69 Å². The number of hydrogen-bond donors (Lipinski definition) is 3. The first-order valence-electron chi connectivity index (χ1n) is 14.5. The van der Waals surface area contributed by atoms with E-state index in [2.05, 4.69) is 10.4 Å². The third kappa shape index (κ3) is 4.91. The summed E-state index contributed by atoms with van der Waals surface area (Å²) in [6.45, 7) is 5.17. The second kappa shape index (κ2) is 10.9. The molecule has 1 spiro atoms. The number of para-hydroxylation sites is 1. The highest BCUT2D eigenvalue weighted by atomic mass is 28.4. The smallest absolute Gasteiger partial charge is 0.279 e. The Kier molecular flexibility index (Phi) is 7.35. The number of ether oxygens (including phenoxy) is 1. The second-order valence-electron chi connectivity index (χ2n) is 12.0. The average molecular weight is 603 g/mol. The molecule has 3 N–H and O–H groups in total. The molecule has 1 aromatic heterocycles. The van der Waals surface area contributed by atoms with E-state index in [-0.39, 0.29) is 31.0 Å². The monoisotopic (exact) mass is 602 g/mol. The van der Waals surface area contributed by atoms with Gasteiger partial charge >= 0.3 is 0 Å². The molecule has 2 amide bonds. The van der Waals surface area contributed by atoms with Gasteiger partial charge in [-0.3, -0.25) is 19.5 Å². The van der Waals surface area contributed by atoms with Gasteiger partial charge in [-0.25, -0.2) is 4.68 Å². The van der Waals surface area contributed by atoms with Gasteiger partial charge < -0.3 is 24.2 Å². The lowest BCUT2D eigenvalue weighted by atomic mass is 9.82. The quantitative estimate of drug-likeness (QED) is 0.204. The van der Waals surface area contributed by atoms with Crippen molar-refractivity contribution in [1.29, 1.82) is 0 Å². The summed E-state index contributed by atoms with van der Waals surface area (Å²) in [5.41, 5.74) is 0.701. The minimum atomic E-state index is -3.48. The highest BCUT2D eigenvalue weighted by Crippen LogP contribution is 2.59. The molecule has 0 bridgehead atoms. The summed E-state index contributed by atoms with van der Waals surface area (Å²) in [6, 6.07) is 21.8. The highest BCUT2D eigenvalue weighted by molar-refractivity contribution is 6.72. The number of fused-ring (bicyclic) bond motifs is 3. The number of nitrogens with one attached hydrogen (secondary N) is 2. The molecule has 224 valence electrons. The van der Waals surface area contributed by atoms with E-state index in [9.17, 15) is 19.5 Å². The maximum atomic E-state index is 16.1. The van der Waals surface area contributed by atoms with Gasteiger partial charge in [0.25, 0.3) is 11.5 Å². The lowest BCUT2D eigenvalue weighted by Crippen LogP contribution is -2.42. The number of aromatic nitrogens is 2. The molecule has 43 heavy (non-hydrogen) atoms. The van der Waals surface area contributed by atoms with Crippen LogP contribution in [0.1, 0.15) is 24.5 Å². The highest BCUT2D eigenvalue weighted by Gasteiger charge is 2.65. The Morgan fingerprint density at radius 2 is 1.81 bits per heavy atom. The van der Waals surface area contributed by atoms with E-state index in [4.69, 9.17) is 4.74 Å². The summed E-state index contributed by atoms with van der Waals surface area (Å²) < 4.78 is 24.1. The van der Waals surface area contributed by atoms with Crippen LogP contribution in [0, 0.1) is 5.92 Å². The molecule has 1 fully saturated rings. The summed E-state index contributed by atoms with van der Waals surface area (Å²) in [5.74, 6) is -1.29.